The first-order valence-electron chi connectivity index (χ1n) is 10.4. The maximum atomic E-state index is 13.2. The number of benzene rings is 2. The lowest BCUT2D eigenvalue weighted by Gasteiger charge is -2.23. The number of aliphatic hydroxyl groups is 1. The van der Waals surface area contributed by atoms with Gasteiger partial charge in [0, 0.05) is 10.4 Å². The van der Waals surface area contributed by atoms with Crippen molar-refractivity contribution in [3.05, 3.63) is 81.4 Å². The van der Waals surface area contributed by atoms with E-state index in [9.17, 15) is 14.7 Å². The van der Waals surface area contributed by atoms with Gasteiger partial charge >= 0.3 is 5.91 Å². The van der Waals surface area contributed by atoms with Gasteiger partial charge in [0.25, 0.3) is 5.78 Å². The molecule has 1 aromatic heterocycles. The summed E-state index contributed by atoms with van der Waals surface area (Å²) < 4.78 is 5.53. The highest BCUT2D eigenvalue weighted by Crippen LogP contribution is 2.44. The molecule has 1 atom stereocenters. The topological polar surface area (TPSA) is 79.7 Å². The quantitative estimate of drug-likeness (QED) is 0.334. The van der Waals surface area contributed by atoms with Crippen LogP contribution in [0.25, 0.3) is 5.76 Å². The third-order valence-corrected chi connectivity index (χ3v) is 6.57. The third-order valence-electron chi connectivity index (χ3n) is 5.50. The number of Topliss-reactive ketones (excluding diaryl/α,β-unsaturated/α-hetero) is 1. The van der Waals surface area contributed by atoms with Gasteiger partial charge < -0.3 is 9.84 Å². The average molecular weight is 449 g/mol. The summed E-state index contributed by atoms with van der Waals surface area (Å²) in [6, 6.07) is 13.6. The van der Waals surface area contributed by atoms with Crippen molar-refractivity contribution in [3.63, 3.8) is 0 Å². The van der Waals surface area contributed by atoms with E-state index in [0.29, 0.717) is 28.6 Å². The molecule has 0 aliphatic carbocycles. The number of ketones is 1. The molecule has 32 heavy (non-hydrogen) atoms. The Labute approximate surface area is 190 Å². The van der Waals surface area contributed by atoms with Crippen LogP contribution in [0, 0.1) is 20.8 Å². The first kappa shape index (κ1) is 21.8. The average Bonchev–Trinajstić information content (AvgIpc) is 3.24. The number of amides is 1. The van der Waals surface area contributed by atoms with E-state index in [1.54, 1.807) is 24.3 Å². The van der Waals surface area contributed by atoms with Crippen molar-refractivity contribution in [2.45, 2.75) is 33.7 Å². The number of anilines is 1. The molecule has 1 amide bonds. The van der Waals surface area contributed by atoms with E-state index in [4.69, 9.17) is 4.74 Å². The third kappa shape index (κ3) is 3.80. The summed E-state index contributed by atoms with van der Waals surface area (Å²) in [4.78, 5) is 33.2. The molecule has 6 nitrogen and oxygen atoms in total. The zero-order valence-electron chi connectivity index (χ0n) is 18.4. The highest BCUT2D eigenvalue weighted by atomic mass is 32.1. The summed E-state index contributed by atoms with van der Waals surface area (Å²) in [5.74, 6) is -0.943. The lowest BCUT2D eigenvalue weighted by atomic mass is 9.95. The Kier molecular flexibility index (Phi) is 5.84. The lowest BCUT2D eigenvalue weighted by molar-refractivity contribution is -0.132. The fraction of sp³-hybridized carbons (Fsp3) is 0.240. The normalized spacial score (nSPS) is 17.8. The second kappa shape index (κ2) is 8.59. The number of carbonyl (C=O) groups excluding carboxylic acids is 2. The Hall–Kier alpha value is -3.45. The number of aryl methyl sites for hydroxylation is 3. The molecule has 164 valence electrons. The largest absolute Gasteiger partial charge is 0.507 e. The fourth-order valence-corrected chi connectivity index (χ4v) is 4.62. The fourth-order valence-electron chi connectivity index (χ4n) is 3.68. The molecule has 0 spiro atoms. The summed E-state index contributed by atoms with van der Waals surface area (Å²) in [6.07, 6.45) is 0. The number of carbonyl (C=O) groups is 2. The smallest absolute Gasteiger partial charge is 0.301 e. The number of ether oxygens (including phenoxy) is 1. The van der Waals surface area contributed by atoms with E-state index < -0.39 is 17.7 Å². The second-order valence-corrected chi connectivity index (χ2v) is 8.86. The summed E-state index contributed by atoms with van der Waals surface area (Å²) in [6.45, 7) is 8.16. The molecule has 0 radical (unpaired) electrons. The number of thiazole rings is 1. The number of hydrogen-bond donors (Lipinski definition) is 1. The monoisotopic (exact) mass is 448 g/mol. The van der Waals surface area contributed by atoms with Gasteiger partial charge in [-0.05, 0) is 45.4 Å². The molecule has 0 saturated carbocycles. The minimum atomic E-state index is -0.795. The summed E-state index contributed by atoms with van der Waals surface area (Å²) in [5, 5.41) is 11.6. The van der Waals surface area contributed by atoms with Crippen LogP contribution in [0.15, 0.2) is 54.1 Å². The number of hydrogen-bond acceptors (Lipinski definition) is 6. The van der Waals surface area contributed by atoms with Gasteiger partial charge in [0.1, 0.15) is 11.5 Å². The van der Waals surface area contributed by atoms with Gasteiger partial charge in [-0.25, -0.2) is 4.98 Å². The molecule has 2 aromatic carbocycles. The number of nitrogens with zero attached hydrogens (tertiary/aromatic N) is 2. The van der Waals surface area contributed by atoms with Gasteiger partial charge in [-0.15, -0.1) is 11.3 Å². The molecule has 1 aliphatic rings. The Balaban J connectivity index is 1.90. The molecule has 1 saturated heterocycles. The van der Waals surface area contributed by atoms with Gasteiger partial charge in [0.05, 0.1) is 23.9 Å². The molecule has 1 N–H and O–H groups in total. The molecular weight excluding hydrogens is 424 g/mol. The lowest BCUT2D eigenvalue weighted by Crippen LogP contribution is -2.29. The van der Waals surface area contributed by atoms with Crippen LogP contribution < -0.4 is 9.64 Å². The Morgan fingerprint density at radius 1 is 1.06 bits per heavy atom. The molecule has 4 rings (SSSR count). The first-order valence-corrected chi connectivity index (χ1v) is 11.2. The van der Waals surface area contributed by atoms with Crippen LogP contribution >= 0.6 is 11.3 Å². The van der Waals surface area contributed by atoms with E-state index in [-0.39, 0.29) is 11.3 Å². The molecule has 1 aliphatic heterocycles. The van der Waals surface area contributed by atoms with Crippen LogP contribution in [-0.2, 0) is 9.59 Å². The van der Waals surface area contributed by atoms with Gasteiger partial charge in [0.15, 0.2) is 5.13 Å². The van der Waals surface area contributed by atoms with Crippen LogP contribution in [0.5, 0.6) is 5.75 Å². The SMILES string of the molecule is CCOc1ccc([C@@H]2C(=C(O)c3ccc(C)cc3)C(=O)C(=O)N2c2nc(C)c(C)s2)cc1. The number of aromatic nitrogens is 1. The van der Waals surface area contributed by atoms with E-state index in [1.165, 1.54) is 16.2 Å². The van der Waals surface area contributed by atoms with Crippen molar-refractivity contribution in [1.82, 2.24) is 4.98 Å². The van der Waals surface area contributed by atoms with E-state index in [0.717, 1.165) is 16.1 Å². The van der Waals surface area contributed by atoms with Crippen LogP contribution in [0.2, 0.25) is 0 Å². The van der Waals surface area contributed by atoms with Crippen molar-refractivity contribution in [2.75, 3.05) is 11.5 Å². The number of rotatable bonds is 5. The molecule has 7 heteroatoms. The van der Waals surface area contributed by atoms with Crippen molar-refractivity contribution in [1.29, 1.82) is 0 Å². The predicted octanol–water partition coefficient (Wildman–Crippen LogP) is 5.09. The van der Waals surface area contributed by atoms with E-state index >= 15 is 0 Å². The van der Waals surface area contributed by atoms with Gasteiger partial charge in [-0.1, -0.05) is 42.0 Å². The second-order valence-electron chi connectivity index (χ2n) is 7.68. The van der Waals surface area contributed by atoms with Crippen LogP contribution in [0.3, 0.4) is 0 Å². The summed E-state index contributed by atoms with van der Waals surface area (Å²) >= 11 is 1.35. The molecule has 0 unspecified atom stereocenters. The summed E-state index contributed by atoms with van der Waals surface area (Å²) in [7, 11) is 0. The maximum absolute atomic E-state index is 13.2. The van der Waals surface area contributed by atoms with Crippen molar-refractivity contribution in [3.8, 4) is 5.75 Å². The van der Waals surface area contributed by atoms with E-state index in [2.05, 4.69) is 4.98 Å². The van der Waals surface area contributed by atoms with Gasteiger partial charge in [-0.2, -0.15) is 0 Å². The molecule has 1 fully saturated rings. The molecule has 2 heterocycles. The molecule has 0 bridgehead atoms. The summed E-state index contributed by atoms with van der Waals surface area (Å²) in [5.41, 5.74) is 3.05. The van der Waals surface area contributed by atoms with Crippen molar-refractivity contribution >= 4 is 33.9 Å². The van der Waals surface area contributed by atoms with Crippen LogP contribution in [-0.4, -0.2) is 28.4 Å². The van der Waals surface area contributed by atoms with Crippen molar-refractivity contribution in [2.24, 2.45) is 0 Å². The van der Waals surface area contributed by atoms with Gasteiger partial charge in [0.2, 0.25) is 0 Å². The van der Waals surface area contributed by atoms with Crippen molar-refractivity contribution < 1.29 is 19.4 Å². The number of aliphatic hydroxyl groups excluding tert-OH is 1. The Morgan fingerprint density at radius 3 is 2.28 bits per heavy atom. The Morgan fingerprint density at radius 2 is 1.72 bits per heavy atom. The maximum Gasteiger partial charge on any atom is 0.301 e. The van der Waals surface area contributed by atoms with Crippen LogP contribution in [0.1, 0.15) is 40.2 Å². The minimum absolute atomic E-state index is 0.0496. The first-order chi connectivity index (χ1) is 15.3. The minimum Gasteiger partial charge on any atom is -0.507 e. The Bertz CT molecular complexity index is 1190. The zero-order chi connectivity index (χ0) is 23.0. The highest BCUT2D eigenvalue weighted by Gasteiger charge is 2.48. The zero-order valence-corrected chi connectivity index (χ0v) is 19.2. The van der Waals surface area contributed by atoms with E-state index in [1.807, 2.05) is 52.0 Å². The van der Waals surface area contributed by atoms with Crippen LogP contribution in [0.4, 0.5) is 5.13 Å². The standard InChI is InChI=1S/C25H24N2O4S/c1-5-31-19-12-10-17(11-13-19)21-20(22(28)18-8-6-14(2)7-9-18)23(29)24(30)27(21)25-26-15(3)16(4)32-25/h6-13,21,28H,5H2,1-4H3/t21-/m1/s1. The predicted molar refractivity (Wildman–Crippen MR) is 125 cm³/mol. The highest BCUT2D eigenvalue weighted by molar-refractivity contribution is 7.16. The molecule has 3 aromatic rings. The van der Waals surface area contributed by atoms with Gasteiger partial charge in [-0.3, -0.25) is 14.5 Å². The molecular formula is C25H24N2O4S.